The first-order chi connectivity index (χ1) is 5.52. The van der Waals surface area contributed by atoms with Gasteiger partial charge in [0.15, 0.2) is 0 Å². The maximum Gasteiger partial charge on any atom is 0.309 e. The Bertz CT molecular complexity index is 264. The van der Waals surface area contributed by atoms with Crippen LogP contribution in [0.3, 0.4) is 0 Å². The first-order valence-corrected chi connectivity index (χ1v) is 3.65. The first-order valence-electron chi connectivity index (χ1n) is 3.65. The Balaban J connectivity index is 2.69. The Morgan fingerprint density at radius 3 is 2.83 bits per heavy atom. The molecule has 0 saturated carbocycles. The molecule has 1 heterocycles. The molecule has 12 heavy (non-hydrogen) atoms. The molecule has 0 fully saturated rings. The molecular weight excluding hydrogens is 158 g/mol. The smallest absolute Gasteiger partial charge is 0.309 e. The van der Waals surface area contributed by atoms with E-state index in [0.717, 1.165) is 0 Å². The van der Waals surface area contributed by atoms with Crippen molar-refractivity contribution in [3.63, 3.8) is 0 Å². The molecule has 0 amide bonds. The van der Waals surface area contributed by atoms with Gasteiger partial charge < -0.3 is 9.63 Å². The molecule has 0 unspecified atom stereocenters. The van der Waals surface area contributed by atoms with E-state index in [-0.39, 0.29) is 0 Å². The lowest BCUT2D eigenvalue weighted by Gasteiger charge is -2.16. The zero-order valence-electron chi connectivity index (χ0n) is 7.07. The van der Waals surface area contributed by atoms with Gasteiger partial charge in [0.05, 0.1) is 11.1 Å². The van der Waals surface area contributed by atoms with Crippen molar-refractivity contribution in [3.8, 4) is 0 Å². The summed E-state index contributed by atoms with van der Waals surface area (Å²) in [7, 11) is 0. The number of rotatable bonds is 3. The number of carboxylic acid groups (broad SMARTS) is 1. The summed E-state index contributed by atoms with van der Waals surface area (Å²) in [5.74, 6) is -0.828. The van der Waals surface area contributed by atoms with Crippen LogP contribution in [-0.2, 0) is 11.2 Å². The molecule has 0 bridgehead atoms. The topological polar surface area (TPSA) is 63.3 Å². The second-order valence-electron chi connectivity index (χ2n) is 3.36. The number of aliphatic carboxylic acids is 1. The zero-order valence-corrected chi connectivity index (χ0v) is 7.07. The minimum absolute atomic E-state index is 0.388. The third-order valence-corrected chi connectivity index (χ3v) is 1.69. The van der Waals surface area contributed by atoms with E-state index >= 15 is 0 Å². The molecule has 1 aromatic rings. The first kappa shape index (κ1) is 8.77. The second kappa shape index (κ2) is 2.97. The summed E-state index contributed by atoms with van der Waals surface area (Å²) < 4.78 is 4.60. The van der Waals surface area contributed by atoms with Gasteiger partial charge in [-0.2, -0.15) is 0 Å². The number of nitrogens with zero attached hydrogens (tertiary/aromatic N) is 1. The van der Waals surface area contributed by atoms with Crippen molar-refractivity contribution < 1.29 is 14.4 Å². The van der Waals surface area contributed by atoms with E-state index in [0.29, 0.717) is 12.1 Å². The largest absolute Gasteiger partial charge is 0.481 e. The Hall–Kier alpha value is -1.32. The Labute approximate surface area is 70.2 Å². The number of hydrogen-bond acceptors (Lipinski definition) is 3. The van der Waals surface area contributed by atoms with Gasteiger partial charge in [0.2, 0.25) is 0 Å². The van der Waals surface area contributed by atoms with Gasteiger partial charge in [0.1, 0.15) is 6.26 Å². The fraction of sp³-hybridized carbons (Fsp3) is 0.500. The molecule has 0 aliphatic rings. The van der Waals surface area contributed by atoms with Gasteiger partial charge in [-0.25, -0.2) is 0 Å². The zero-order chi connectivity index (χ0) is 9.19. The van der Waals surface area contributed by atoms with Gasteiger partial charge in [-0.3, -0.25) is 4.79 Å². The predicted molar refractivity (Wildman–Crippen MR) is 41.6 cm³/mol. The average molecular weight is 169 g/mol. The SMILES string of the molecule is CC(C)(Cc1ccon1)C(=O)O. The van der Waals surface area contributed by atoms with Crippen LogP contribution in [0.2, 0.25) is 0 Å². The van der Waals surface area contributed by atoms with Crippen LogP contribution in [-0.4, -0.2) is 16.2 Å². The van der Waals surface area contributed by atoms with Crippen molar-refractivity contribution in [3.05, 3.63) is 18.0 Å². The lowest BCUT2D eigenvalue weighted by molar-refractivity contribution is -0.146. The molecule has 0 saturated heterocycles. The van der Waals surface area contributed by atoms with Crippen LogP contribution in [0, 0.1) is 5.41 Å². The monoisotopic (exact) mass is 169 g/mol. The molecular formula is C8H11NO3. The maximum absolute atomic E-state index is 10.7. The third kappa shape index (κ3) is 1.84. The molecule has 0 atom stereocenters. The van der Waals surface area contributed by atoms with Gasteiger partial charge in [-0.05, 0) is 13.8 Å². The summed E-state index contributed by atoms with van der Waals surface area (Å²) >= 11 is 0. The molecule has 0 spiro atoms. The fourth-order valence-corrected chi connectivity index (χ4v) is 0.857. The summed E-state index contributed by atoms with van der Waals surface area (Å²) in [5, 5.41) is 12.4. The molecule has 0 radical (unpaired) electrons. The van der Waals surface area contributed by atoms with E-state index < -0.39 is 11.4 Å². The number of aromatic nitrogens is 1. The number of carbonyl (C=O) groups is 1. The summed E-state index contributed by atoms with van der Waals surface area (Å²) in [4.78, 5) is 10.7. The van der Waals surface area contributed by atoms with E-state index in [1.54, 1.807) is 19.9 Å². The van der Waals surface area contributed by atoms with Crippen LogP contribution >= 0.6 is 0 Å². The third-order valence-electron chi connectivity index (χ3n) is 1.69. The number of hydrogen-bond donors (Lipinski definition) is 1. The molecule has 4 nitrogen and oxygen atoms in total. The molecule has 1 aromatic heterocycles. The van der Waals surface area contributed by atoms with E-state index in [1.807, 2.05) is 0 Å². The van der Waals surface area contributed by atoms with Crippen molar-refractivity contribution >= 4 is 5.97 Å². The minimum atomic E-state index is -0.828. The lowest BCUT2D eigenvalue weighted by atomic mass is 9.88. The van der Waals surface area contributed by atoms with Gasteiger partial charge in [0, 0.05) is 12.5 Å². The van der Waals surface area contributed by atoms with Crippen LogP contribution in [0.5, 0.6) is 0 Å². The highest BCUT2D eigenvalue weighted by Gasteiger charge is 2.28. The summed E-state index contributed by atoms with van der Waals surface area (Å²) in [5.41, 5.74) is -0.112. The Kier molecular flexibility index (Phi) is 2.17. The highest BCUT2D eigenvalue weighted by molar-refractivity contribution is 5.73. The fourth-order valence-electron chi connectivity index (χ4n) is 0.857. The van der Waals surface area contributed by atoms with E-state index in [9.17, 15) is 4.79 Å². The second-order valence-corrected chi connectivity index (χ2v) is 3.36. The van der Waals surface area contributed by atoms with Crippen LogP contribution in [0.4, 0.5) is 0 Å². The Morgan fingerprint density at radius 2 is 2.42 bits per heavy atom. The molecule has 4 heteroatoms. The quantitative estimate of drug-likeness (QED) is 0.741. The van der Waals surface area contributed by atoms with Crippen molar-refractivity contribution in [2.75, 3.05) is 0 Å². The van der Waals surface area contributed by atoms with E-state index in [1.165, 1.54) is 6.26 Å². The summed E-state index contributed by atoms with van der Waals surface area (Å²) in [6.45, 7) is 3.31. The molecule has 1 N–H and O–H groups in total. The van der Waals surface area contributed by atoms with Crippen molar-refractivity contribution in [2.45, 2.75) is 20.3 Å². The van der Waals surface area contributed by atoms with E-state index in [4.69, 9.17) is 5.11 Å². The van der Waals surface area contributed by atoms with Crippen LogP contribution in [0.1, 0.15) is 19.5 Å². The van der Waals surface area contributed by atoms with E-state index in [2.05, 4.69) is 9.68 Å². The maximum atomic E-state index is 10.7. The van der Waals surface area contributed by atoms with Crippen molar-refractivity contribution in [2.24, 2.45) is 5.41 Å². The van der Waals surface area contributed by atoms with Crippen LogP contribution in [0.15, 0.2) is 16.9 Å². The molecule has 0 aromatic carbocycles. The van der Waals surface area contributed by atoms with Gasteiger partial charge in [-0.15, -0.1) is 0 Å². The standard InChI is InChI=1S/C8H11NO3/c1-8(2,7(10)11)5-6-3-4-12-9-6/h3-4H,5H2,1-2H3,(H,10,11). The molecule has 0 aliphatic carbocycles. The predicted octanol–water partition coefficient (Wildman–Crippen LogP) is 1.33. The number of carboxylic acids is 1. The lowest BCUT2D eigenvalue weighted by Crippen LogP contribution is -2.26. The van der Waals surface area contributed by atoms with Crippen molar-refractivity contribution in [1.82, 2.24) is 5.16 Å². The van der Waals surface area contributed by atoms with Crippen LogP contribution < -0.4 is 0 Å². The van der Waals surface area contributed by atoms with Gasteiger partial charge in [-0.1, -0.05) is 5.16 Å². The molecule has 0 aliphatic heterocycles. The van der Waals surface area contributed by atoms with Gasteiger partial charge >= 0.3 is 5.97 Å². The normalized spacial score (nSPS) is 11.5. The van der Waals surface area contributed by atoms with Crippen LogP contribution in [0.25, 0.3) is 0 Å². The summed E-state index contributed by atoms with van der Waals surface area (Å²) in [6, 6.07) is 1.67. The molecule has 66 valence electrons. The van der Waals surface area contributed by atoms with Crippen molar-refractivity contribution in [1.29, 1.82) is 0 Å². The minimum Gasteiger partial charge on any atom is -0.481 e. The van der Waals surface area contributed by atoms with Gasteiger partial charge in [0.25, 0.3) is 0 Å². The average Bonchev–Trinajstić information content (AvgIpc) is 2.38. The Morgan fingerprint density at radius 1 is 1.75 bits per heavy atom. The highest BCUT2D eigenvalue weighted by atomic mass is 16.5. The highest BCUT2D eigenvalue weighted by Crippen LogP contribution is 2.20. The summed E-state index contributed by atoms with van der Waals surface area (Å²) in [6.07, 6.45) is 1.83. The molecule has 1 rings (SSSR count).